The second-order valence-corrected chi connectivity index (χ2v) is 4.03. The Kier molecular flexibility index (Phi) is 4.54. The number of likely N-dealkylation sites (N-methyl/N-ethyl adjacent to an activating group) is 1. The number of aliphatic hydroxyl groups is 1. The van der Waals surface area contributed by atoms with Crippen LogP contribution in [-0.4, -0.2) is 65.3 Å². The number of aliphatic hydroxyl groups excluding tert-OH is 1. The molecule has 0 aromatic heterocycles. The van der Waals surface area contributed by atoms with E-state index in [4.69, 9.17) is 10.2 Å². The molecule has 0 unspecified atom stereocenters. The second kappa shape index (κ2) is 5.69. The Labute approximate surface area is 94.4 Å². The predicted molar refractivity (Wildman–Crippen MR) is 57.0 cm³/mol. The van der Waals surface area contributed by atoms with Gasteiger partial charge in [0.15, 0.2) is 0 Å². The molecule has 1 aliphatic heterocycles. The molecule has 1 saturated heterocycles. The molecule has 0 aromatic carbocycles. The molecule has 0 radical (unpaired) electrons. The minimum absolute atomic E-state index is 0.000844. The maximum absolute atomic E-state index is 11.8. The molecule has 1 rings (SSSR count). The third kappa shape index (κ3) is 3.10. The fraction of sp³-hybridized carbons (Fsp3) is 0.800. The monoisotopic (exact) mass is 230 g/mol. The van der Waals surface area contributed by atoms with Crippen molar-refractivity contribution in [1.29, 1.82) is 0 Å². The first-order valence-corrected chi connectivity index (χ1v) is 5.40. The minimum Gasteiger partial charge on any atom is -0.465 e. The first-order valence-electron chi connectivity index (χ1n) is 5.40. The average molecular weight is 230 g/mol. The van der Waals surface area contributed by atoms with Gasteiger partial charge < -0.3 is 20.0 Å². The Morgan fingerprint density at radius 2 is 1.94 bits per heavy atom. The number of carbonyl (C=O) groups excluding carboxylic acids is 1. The van der Waals surface area contributed by atoms with E-state index in [-0.39, 0.29) is 18.4 Å². The highest BCUT2D eigenvalue weighted by molar-refractivity contribution is 5.79. The third-order valence-electron chi connectivity index (χ3n) is 2.93. The van der Waals surface area contributed by atoms with Crippen LogP contribution in [0.2, 0.25) is 0 Å². The smallest absolute Gasteiger partial charge is 0.407 e. The van der Waals surface area contributed by atoms with Crippen LogP contribution in [0.1, 0.15) is 12.8 Å². The number of carboxylic acid groups (broad SMARTS) is 1. The van der Waals surface area contributed by atoms with Crippen molar-refractivity contribution in [2.45, 2.75) is 12.8 Å². The zero-order chi connectivity index (χ0) is 12.1. The Bertz CT molecular complexity index is 262. The van der Waals surface area contributed by atoms with Crippen molar-refractivity contribution in [3.63, 3.8) is 0 Å². The molecular weight excluding hydrogens is 212 g/mol. The maximum Gasteiger partial charge on any atom is 0.407 e. The number of piperidine rings is 1. The quantitative estimate of drug-likeness (QED) is 0.705. The molecule has 0 bridgehead atoms. The van der Waals surface area contributed by atoms with Crippen LogP contribution in [0.4, 0.5) is 4.79 Å². The number of rotatable bonds is 3. The van der Waals surface area contributed by atoms with Crippen molar-refractivity contribution >= 4 is 12.0 Å². The van der Waals surface area contributed by atoms with Crippen LogP contribution < -0.4 is 0 Å². The SMILES string of the molecule is CN(CCO)C(=O)C1CCN(C(=O)O)CC1. The summed E-state index contributed by atoms with van der Waals surface area (Å²) in [4.78, 5) is 25.3. The van der Waals surface area contributed by atoms with Crippen LogP contribution >= 0.6 is 0 Å². The van der Waals surface area contributed by atoms with Gasteiger partial charge in [-0.15, -0.1) is 0 Å². The molecule has 1 aliphatic rings. The van der Waals surface area contributed by atoms with Gasteiger partial charge in [-0.3, -0.25) is 4.79 Å². The number of nitrogens with zero attached hydrogens (tertiary/aromatic N) is 2. The van der Waals surface area contributed by atoms with Crippen molar-refractivity contribution in [3.05, 3.63) is 0 Å². The van der Waals surface area contributed by atoms with Crippen LogP contribution in [0.15, 0.2) is 0 Å². The van der Waals surface area contributed by atoms with Gasteiger partial charge in [-0.2, -0.15) is 0 Å². The molecular formula is C10H18N2O4. The van der Waals surface area contributed by atoms with E-state index in [1.807, 2.05) is 0 Å². The average Bonchev–Trinajstić information content (AvgIpc) is 2.28. The molecule has 0 spiro atoms. The summed E-state index contributed by atoms with van der Waals surface area (Å²) >= 11 is 0. The molecule has 0 aromatic rings. The Hall–Kier alpha value is -1.30. The highest BCUT2D eigenvalue weighted by Gasteiger charge is 2.28. The van der Waals surface area contributed by atoms with Gasteiger partial charge in [-0.1, -0.05) is 0 Å². The first kappa shape index (κ1) is 12.8. The van der Waals surface area contributed by atoms with Crippen molar-refractivity contribution in [3.8, 4) is 0 Å². The van der Waals surface area contributed by atoms with Crippen LogP contribution in [0.25, 0.3) is 0 Å². The summed E-state index contributed by atoms with van der Waals surface area (Å²) in [6.07, 6.45) is 0.219. The largest absolute Gasteiger partial charge is 0.465 e. The Balaban J connectivity index is 2.41. The van der Waals surface area contributed by atoms with Crippen LogP contribution in [0.5, 0.6) is 0 Å². The van der Waals surface area contributed by atoms with Crippen molar-refractivity contribution in [1.82, 2.24) is 9.80 Å². The van der Waals surface area contributed by atoms with E-state index < -0.39 is 6.09 Å². The lowest BCUT2D eigenvalue weighted by molar-refractivity contribution is -0.136. The lowest BCUT2D eigenvalue weighted by Crippen LogP contribution is -2.43. The Morgan fingerprint density at radius 1 is 1.38 bits per heavy atom. The molecule has 92 valence electrons. The number of carbonyl (C=O) groups is 2. The van der Waals surface area contributed by atoms with E-state index in [1.165, 1.54) is 9.80 Å². The zero-order valence-electron chi connectivity index (χ0n) is 9.43. The van der Waals surface area contributed by atoms with Gasteiger partial charge in [-0.25, -0.2) is 4.79 Å². The fourth-order valence-corrected chi connectivity index (χ4v) is 1.89. The van der Waals surface area contributed by atoms with Gasteiger partial charge in [0.25, 0.3) is 0 Å². The van der Waals surface area contributed by atoms with E-state index in [2.05, 4.69) is 0 Å². The van der Waals surface area contributed by atoms with E-state index in [1.54, 1.807) is 7.05 Å². The van der Waals surface area contributed by atoms with Gasteiger partial charge in [-0.05, 0) is 12.8 Å². The van der Waals surface area contributed by atoms with Gasteiger partial charge >= 0.3 is 6.09 Å². The van der Waals surface area contributed by atoms with E-state index in [0.717, 1.165) is 0 Å². The van der Waals surface area contributed by atoms with Crippen molar-refractivity contribution in [2.24, 2.45) is 5.92 Å². The van der Waals surface area contributed by atoms with Gasteiger partial charge in [0.2, 0.25) is 5.91 Å². The van der Waals surface area contributed by atoms with E-state index >= 15 is 0 Å². The van der Waals surface area contributed by atoms with Gasteiger partial charge in [0, 0.05) is 32.6 Å². The molecule has 1 fully saturated rings. The topological polar surface area (TPSA) is 81.1 Å². The molecule has 2 N–H and O–H groups in total. The summed E-state index contributed by atoms with van der Waals surface area (Å²) in [5.74, 6) is -0.105. The van der Waals surface area contributed by atoms with Crippen molar-refractivity contribution in [2.75, 3.05) is 33.3 Å². The molecule has 2 amide bonds. The predicted octanol–water partition coefficient (Wildman–Crippen LogP) is -0.173. The molecule has 6 nitrogen and oxygen atoms in total. The van der Waals surface area contributed by atoms with E-state index in [0.29, 0.717) is 32.5 Å². The van der Waals surface area contributed by atoms with Crippen LogP contribution in [-0.2, 0) is 4.79 Å². The summed E-state index contributed by atoms with van der Waals surface area (Å²) in [5.41, 5.74) is 0. The summed E-state index contributed by atoms with van der Waals surface area (Å²) in [5, 5.41) is 17.5. The number of hydrogen-bond acceptors (Lipinski definition) is 3. The summed E-state index contributed by atoms with van der Waals surface area (Å²) in [6, 6.07) is 0. The molecule has 0 atom stereocenters. The normalized spacial score (nSPS) is 17.2. The molecule has 0 aliphatic carbocycles. The van der Waals surface area contributed by atoms with Gasteiger partial charge in [0.1, 0.15) is 0 Å². The van der Waals surface area contributed by atoms with Crippen molar-refractivity contribution < 1.29 is 19.8 Å². The highest BCUT2D eigenvalue weighted by atomic mass is 16.4. The van der Waals surface area contributed by atoms with Crippen LogP contribution in [0.3, 0.4) is 0 Å². The lowest BCUT2D eigenvalue weighted by Gasteiger charge is -2.31. The first-order chi connectivity index (χ1) is 7.56. The highest BCUT2D eigenvalue weighted by Crippen LogP contribution is 2.19. The number of amides is 2. The summed E-state index contributed by atoms with van der Waals surface area (Å²) in [7, 11) is 1.65. The molecule has 6 heteroatoms. The zero-order valence-corrected chi connectivity index (χ0v) is 9.43. The second-order valence-electron chi connectivity index (χ2n) is 4.03. The summed E-state index contributed by atoms with van der Waals surface area (Å²) < 4.78 is 0. The minimum atomic E-state index is -0.922. The fourth-order valence-electron chi connectivity index (χ4n) is 1.89. The standard InChI is InChI=1S/C10H18N2O4/c1-11(6-7-13)9(14)8-2-4-12(5-3-8)10(15)16/h8,13H,2-7H2,1H3,(H,15,16). The molecule has 16 heavy (non-hydrogen) atoms. The Morgan fingerprint density at radius 3 is 2.38 bits per heavy atom. The lowest BCUT2D eigenvalue weighted by atomic mass is 9.95. The van der Waals surface area contributed by atoms with E-state index in [9.17, 15) is 9.59 Å². The number of likely N-dealkylation sites (tertiary alicyclic amines) is 1. The number of hydrogen-bond donors (Lipinski definition) is 2. The van der Waals surface area contributed by atoms with Gasteiger partial charge in [0.05, 0.1) is 6.61 Å². The summed E-state index contributed by atoms with van der Waals surface area (Å²) in [6.45, 7) is 1.12. The maximum atomic E-state index is 11.8. The molecule has 1 heterocycles. The molecule has 0 saturated carbocycles. The van der Waals surface area contributed by atoms with Crippen LogP contribution in [0, 0.1) is 5.92 Å². The third-order valence-corrected chi connectivity index (χ3v) is 2.93.